The highest BCUT2D eigenvalue weighted by Gasteiger charge is 2.24. The summed E-state index contributed by atoms with van der Waals surface area (Å²) in [4.78, 5) is 27.2. The SMILES string of the molecule is Cc1nc(=O)n(C2CCCC(C)C2)c(C)c1CCC(=O)O. The van der Waals surface area contributed by atoms with Crippen molar-refractivity contribution in [3.8, 4) is 0 Å². The minimum Gasteiger partial charge on any atom is -0.481 e. The number of rotatable bonds is 4. The van der Waals surface area contributed by atoms with Gasteiger partial charge in [0.15, 0.2) is 0 Å². The molecule has 21 heavy (non-hydrogen) atoms. The van der Waals surface area contributed by atoms with E-state index in [1.807, 2.05) is 6.92 Å². The molecule has 2 atom stereocenters. The lowest BCUT2D eigenvalue weighted by molar-refractivity contribution is -0.136. The molecule has 0 saturated heterocycles. The lowest BCUT2D eigenvalue weighted by Crippen LogP contribution is -2.33. The first kappa shape index (κ1) is 15.7. The Morgan fingerprint density at radius 3 is 2.71 bits per heavy atom. The minimum atomic E-state index is -0.821. The monoisotopic (exact) mass is 292 g/mol. The van der Waals surface area contributed by atoms with Crippen LogP contribution >= 0.6 is 0 Å². The van der Waals surface area contributed by atoms with Crippen molar-refractivity contribution >= 4 is 5.97 Å². The fourth-order valence-corrected chi connectivity index (χ4v) is 3.48. The molecule has 0 amide bonds. The summed E-state index contributed by atoms with van der Waals surface area (Å²) in [5.74, 6) is -0.198. The number of hydrogen-bond acceptors (Lipinski definition) is 3. The van der Waals surface area contributed by atoms with E-state index in [-0.39, 0.29) is 18.2 Å². The van der Waals surface area contributed by atoms with Gasteiger partial charge in [-0.2, -0.15) is 4.98 Å². The molecule has 0 radical (unpaired) electrons. The number of aliphatic carboxylic acids is 1. The molecular formula is C16H24N2O3. The molecule has 1 heterocycles. The zero-order valence-electron chi connectivity index (χ0n) is 13.1. The standard InChI is InChI=1S/C16H24N2O3/c1-10-5-4-6-13(9-10)18-12(3)14(7-8-15(19)20)11(2)17-16(18)21/h10,13H,4-9H2,1-3H3,(H,19,20). The average Bonchev–Trinajstić information content (AvgIpc) is 2.37. The number of aryl methyl sites for hydroxylation is 1. The van der Waals surface area contributed by atoms with Gasteiger partial charge >= 0.3 is 11.7 Å². The highest BCUT2D eigenvalue weighted by Crippen LogP contribution is 2.32. The molecule has 1 fully saturated rings. The summed E-state index contributed by atoms with van der Waals surface area (Å²) in [6.45, 7) is 5.94. The van der Waals surface area contributed by atoms with Gasteiger partial charge in [0, 0.05) is 23.9 Å². The van der Waals surface area contributed by atoms with Gasteiger partial charge in [0.2, 0.25) is 0 Å². The van der Waals surface area contributed by atoms with Crippen molar-refractivity contribution in [2.75, 3.05) is 0 Å². The normalized spacial score (nSPS) is 22.2. The van der Waals surface area contributed by atoms with Gasteiger partial charge in [0.1, 0.15) is 0 Å². The smallest absolute Gasteiger partial charge is 0.348 e. The average molecular weight is 292 g/mol. The quantitative estimate of drug-likeness (QED) is 0.926. The van der Waals surface area contributed by atoms with E-state index in [0.29, 0.717) is 18.0 Å². The maximum Gasteiger partial charge on any atom is 0.348 e. The van der Waals surface area contributed by atoms with Gasteiger partial charge in [-0.1, -0.05) is 19.8 Å². The molecule has 1 aliphatic carbocycles. The first-order valence-corrected chi connectivity index (χ1v) is 7.70. The fraction of sp³-hybridized carbons (Fsp3) is 0.688. The lowest BCUT2D eigenvalue weighted by atomic mass is 9.86. The van der Waals surface area contributed by atoms with Crippen molar-refractivity contribution < 1.29 is 9.90 Å². The van der Waals surface area contributed by atoms with Crippen LogP contribution in [-0.2, 0) is 11.2 Å². The van der Waals surface area contributed by atoms with E-state index in [0.717, 1.165) is 30.5 Å². The Balaban J connectivity index is 2.38. The van der Waals surface area contributed by atoms with Crippen LogP contribution in [0.25, 0.3) is 0 Å². The molecule has 0 aliphatic heterocycles. The van der Waals surface area contributed by atoms with Gasteiger partial charge in [-0.25, -0.2) is 4.79 Å². The van der Waals surface area contributed by atoms with Crippen LogP contribution in [0.15, 0.2) is 4.79 Å². The molecule has 0 spiro atoms. The number of carboxylic acid groups (broad SMARTS) is 1. The van der Waals surface area contributed by atoms with E-state index >= 15 is 0 Å². The second-order valence-corrected chi connectivity index (χ2v) is 6.23. The summed E-state index contributed by atoms with van der Waals surface area (Å²) in [7, 11) is 0. The van der Waals surface area contributed by atoms with E-state index in [1.165, 1.54) is 6.42 Å². The largest absolute Gasteiger partial charge is 0.481 e. The molecule has 5 heteroatoms. The third-order valence-corrected chi connectivity index (χ3v) is 4.57. The Bertz CT molecular complexity index is 592. The molecule has 0 bridgehead atoms. The Morgan fingerprint density at radius 1 is 1.38 bits per heavy atom. The molecular weight excluding hydrogens is 268 g/mol. The van der Waals surface area contributed by atoms with E-state index in [4.69, 9.17) is 5.11 Å². The Kier molecular flexibility index (Phi) is 4.80. The van der Waals surface area contributed by atoms with Crippen molar-refractivity contribution in [1.82, 2.24) is 9.55 Å². The zero-order chi connectivity index (χ0) is 15.6. The van der Waals surface area contributed by atoms with E-state index in [9.17, 15) is 9.59 Å². The molecule has 1 aromatic rings. The highest BCUT2D eigenvalue weighted by atomic mass is 16.4. The maximum absolute atomic E-state index is 12.3. The van der Waals surface area contributed by atoms with E-state index < -0.39 is 5.97 Å². The predicted octanol–water partition coefficient (Wildman–Crippen LogP) is 2.63. The number of carbonyl (C=O) groups is 1. The first-order chi connectivity index (χ1) is 9.90. The number of hydrogen-bond donors (Lipinski definition) is 1. The highest BCUT2D eigenvalue weighted by molar-refractivity contribution is 5.67. The lowest BCUT2D eigenvalue weighted by Gasteiger charge is -2.30. The van der Waals surface area contributed by atoms with Crippen molar-refractivity contribution in [3.05, 3.63) is 27.4 Å². The fourth-order valence-electron chi connectivity index (χ4n) is 3.48. The van der Waals surface area contributed by atoms with Crippen LogP contribution in [0.2, 0.25) is 0 Å². The van der Waals surface area contributed by atoms with Crippen molar-refractivity contribution in [1.29, 1.82) is 0 Å². The third kappa shape index (κ3) is 3.52. The number of carboxylic acids is 1. The van der Waals surface area contributed by atoms with Crippen LogP contribution in [0.3, 0.4) is 0 Å². The van der Waals surface area contributed by atoms with Crippen LogP contribution < -0.4 is 5.69 Å². The van der Waals surface area contributed by atoms with Gasteiger partial charge < -0.3 is 5.11 Å². The first-order valence-electron chi connectivity index (χ1n) is 7.70. The molecule has 2 unspecified atom stereocenters. The molecule has 1 aliphatic rings. The molecule has 1 aromatic heterocycles. The Morgan fingerprint density at radius 2 is 2.10 bits per heavy atom. The summed E-state index contributed by atoms with van der Waals surface area (Å²) in [6.07, 6.45) is 4.87. The molecule has 5 nitrogen and oxygen atoms in total. The summed E-state index contributed by atoms with van der Waals surface area (Å²) < 4.78 is 1.81. The summed E-state index contributed by atoms with van der Waals surface area (Å²) >= 11 is 0. The van der Waals surface area contributed by atoms with Crippen LogP contribution in [0.5, 0.6) is 0 Å². The minimum absolute atomic E-state index is 0.0721. The third-order valence-electron chi connectivity index (χ3n) is 4.57. The van der Waals surface area contributed by atoms with Crippen LogP contribution in [0.4, 0.5) is 0 Å². The van der Waals surface area contributed by atoms with Crippen molar-refractivity contribution in [3.63, 3.8) is 0 Å². The summed E-state index contributed by atoms with van der Waals surface area (Å²) in [5.41, 5.74) is 2.28. The molecule has 116 valence electrons. The van der Waals surface area contributed by atoms with Crippen molar-refractivity contribution in [2.45, 2.75) is 65.3 Å². The summed E-state index contributed by atoms with van der Waals surface area (Å²) in [5, 5.41) is 8.87. The van der Waals surface area contributed by atoms with Gasteiger partial charge in [-0.15, -0.1) is 0 Å². The van der Waals surface area contributed by atoms with Crippen LogP contribution in [-0.4, -0.2) is 20.6 Å². The van der Waals surface area contributed by atoms with Gasteiger partial charge in [-0.05, 0) is 44.6 Å². The Labute approximate surface area is 125 Å². The zero-order valence-corrected chi connectivity index (χ0v) is 13.1. The second kappa shape index (κ2) is 6.41. The number of aromatic nitrogens is 2. The number of nitrogens with zero attached hydrogens (tertiary/aromatic N) is 2. The van der Waals surface area contributed by atoms with Gasteiger partial charge in [0.05, 0.1) is 0 Å². The Hall–Kier alpha value is -1.65. The van der Waals surface area contributed by atoms with Crippen molar-refractivity contribution in [2.24, 2.45) is 5.92 Å². The predicted molar refractivity (Wildman–Crippen MR) is 80.6 cm³/mol. The molecule has 1 N–H and O–H groups in total. The van der Waals surface area contributed by atoms with E-state index in [2.05, 4.69) is 11.9 Å². The second-order valence-electron chi connectivity index (χ2n) is 6.23. The van der Waals surface area contributed by atoms with Gasteiger partial charge in [0.25, 0.3) is 0 Å². The van der Waals surface area contributed by atoms with E-state index in [1.54, 1.807) is 11.5 Å². The maximum atomic E-state index is 12.3. The molecule has 2 rings (SSSR count). The molecule has 1 saturated carbocycles. The summed E-state index contributed by atoms with van der Waals surface area (Å²) in [6, 6.07) is 0.206. The van der Waals surface area contributed by atoms with Crippen LogP contribution in [0, 0.1) is 19.8 Å². The molecule has 0 aromatic carbocycles. The van der Waals surface area contributed by atoms with Crippen LogP contribution in [0.1, 0.15) is 62.0 Å². The topological polar surface area (TPSA) is 72.2 Å². The van der Waals surface area contributed by atoms with Gasteiger partial charge in [-0.3, -0.25) is 9.36 Å².